The number of ether oxygens (including phenoxy) is 2. The van der Waals surface area contributed by atoms with Gasteiger partial charge in [-0.05, 0) is 78.7 Å². The molecule has 0 spiro atoms. The van der Waals surface area contributed by atoms with Gasteiger partial charge in [0.1, 0.15) is 6.61 Å². The van der Waals surface area contributed by atoms with E-state index < -0.39 is 0 Å². The highest BCUT2D eigenvalue weighted by Gasteiger charge is 2.34. The van der Waals surface area contributed by atoms with Crippen LogP contribution in [0.25, 0.3) is 6.08 Å². The highest BCUT2D eigenvalue weighted by molar-refractivity contribution is 8.19. The number of rotatable bonds is 10. The number of hydrogen-bond donors (Lipinski definition) is 0. The van der Waals surface area contributed by atoms with Gasteiger partial charge in [-0.3, -0.25) is 9.69 Å². The summed E-state index contributed by atoms with van der Waals surface area (Å²) in [6.07, 6.45) is 4.33. The van der Waals surface area contributed by atoms with E-state index in [0.29, 0.717) is 41.2 Å². The zero-order valence-electron chi connectivity index (χ0n) is 22.3. The number of carbonyl (C=O) groups excluding carboxylic acids is 1. The van der Waals surface area contributed by atoms with Crippen molar-refractivity contribution in [3.63, 3.8) is 0 Å². The first kappa shape index (κ1) is 27.0. The van der Waals surface area contributed by atoms with Crippen LogP contribution in [0.5, 0.6) is 11.5 Å². The quantitative estimate of drug-likeness (QED) is 0.149. The zero-order valence-corrected chi connectivity index (χ0v) is 23.1. The molecule has 0 N–H and O–H groups in total. The van der Waals surface area contributed by atoms with Crippen LogP contribution in [0.1, 0.15) is 23.6 Å². The normalized spacial score (nSPS) is 15.0. The lowest BCUT2D eigenvalue weighted by molar-refractivity contribution is -0.113. The third-order valence-corrected chi connectivity index (χ3v) is 7.11. The molecule has 40 heavy (non-hydrogen) atoms. The second-order valence-corrected chi connectivity index (χ2v) is 10.0. The maximum Gasteiger partial charge on any atom is 0.271 e. The molecular weight excluding hydrogens is 516 g/mol. The monoisotopic (exact) mass is 546 g/mol. The van der Waals surface area contributed by atoms with Gasteiger partial charge in [-0.25, -0.2) is 4.99 Å². The number of amidine groups is 1. The molecular formula is C34H30N2O3S. The summed E-state index contributed by atoms with van der Waals surface area (Å²) in [7, 11) is 0. The minimum atomic E-state index is -0.126. The van der Waals surface area contributed by atoms with Gasteiger partial charge in [0.25, 0.3) is 5.91 Å². The fourth-order valence-electron chi connectivity index (χ4n) is 4.35. The van der Waals surface area contributed by atoms with Crippen molar-refractivity contribution in [2.24, 2.45) is 4.99 Å². The standard InChI is InChI=1S/C34H30N2O3S/c1-3-14-27-21-26(22-30(38-4-2)32(27)39-24-25-15-8-5-9-16-25)23-31-33(37)36(29-19-12-7-13-20-29)34(40-31)35-28-17-10-6-11-18-28/h3,5-13,15-23H,1,4,14,24H2,2H3/b31-23+,35-34?. The molecule has 1 fully saturated rings. The Bertz CT molecular complexity index is 1530. The van der Waals surface area contributed by atoms with Gasteiger partial charge < -0.3 is 9.47 Å². The predicted molar refractivity (Wildman–Crippen MR) is 165 cm³/mol. The summed E-state index contributed by atoms with van der Waals surface area (Å²) in [5.74, 6) is 1.20. The van der Waals surface area contributed by atoms with Gasteiger partial charge in [0, 0.05) is 5.56 Å². The van der Waals surface area contributed by atoms with E-state index in [-0.39, 0.29) is 5.91 Å². The fraction of sp³-hybridized carbons (Fsp3) is 0.118. The number of anilines is 1. The van der Waals surface area contributed by atoms with Gasteiger partial charge in [-0.1, -0.05) is 72.8 Å². The number of thioether (sulfide) groups is 1. The molecule has 5 nitrogen and oxygen atoms in total. The van der Waals surface area contributed by atoms with Crippen LogP contribution in [0.4, 0.5) is 11.4 Å². The van der Waals surface area contributed by atoms with Gasteiger partial charge in [0.2, 0.25) is 0 Å². The lowest BCUT2D eigenvalue weighted by Crippen LogP contribution is -2.28. The van der Waals surface area contributed by atoms with Crippen LogP contribution in [0.3, 0.4) is 0 Å². The van der Waals surface area contributed by atoms with Crippen molar-refractivity contribution in [3.05, 3.63) is 137 Å². The number of aliphatic imine (C=N–C) groups is 1. The molecule has 0 radical (unpaired) electrons. The number of hydrogen-bond acceptors (Lipinski definition) is 5. The fourth-order valence-corrected chi connectivity index (χ4v) is 5.35. The zero-order chi connectivity index (χ0) is 27.7. The Morgan fingerprint density at radius 3 is 2.25 bits per heavy atom. The summed E-state index contributed by atoms with van der Waals surface area (Å²) in [4.78, 5) is 20.8. The van der Waals surface area contributed by atoms with E-state index in [1.807, 2.05) is 122 Å². The Morgan fingerprint density at radius 1 is 0.900 bits per heavy atom. The van der Waals surface area contributed by atoms with Crippen molar-refractivity contribution in [2.45, 2.75) is 20.0 Å². The summed E-state index contributed by atoms with van der Waals surface area (Å²) in [6.45, 7) is 6.79. The number of amides is 1. The highest BCUT2D eigenvalue weighted by atomic mass is 32.2. The average Bonchev–Trinajstić information content (AvgIpc) is 3.28. The van der Waals surface area contributed by atoms with Crippen LogP contribution >= 0.6 is 11.8 Å². The van der Waals surface area contributed by atoms with Crippen LogP contribution in [0.15, 0.2) is 126 Å². The molecule has 0 aliphatic carbocycles. The molecule has 0 unspecified atom stereocenters. The van der Waals surface area contributed by atoms with Gasteiger partial charge in [-0.2, -0.15) is 0 Å². The summed E-state index contributed by atoms with van der Waals surface area (Å²) in [5, 5.41) is 0.604. The maximum absolute atomic E-state index is 13.7. The molecule has 1 aliphatic rings. The van der Waals surface area contributed by atoms with Crippen molar-refractivity contribution in [1.29, 1.82) is 0 Å². The van der Waals surface area contributed by atoms with E-state index in [9.17, 15) is 4.79 Å². The molecule has 200 valence electrons. The van der Waals surface area contributed by atoms with Crippen LogP contribution in [0.2, 0.25) is 0 Å². The molecule has 1 aliphatic heterocycles. The number of benzene rings is 4. The van der Waals surface area contributed by atoms with E-state index in [1.54, 1.807) is 4.90 Å². The number of carbonyl (C=O) groups is 1. The molecule has 0 atom stereocenters. The molecule has 4 aromatic rings. The van der Waals surface area contributed by atoms with E-state index in [2.05, 4.69) is 6.58 Å². The number of allylic oxidation sites excluding steroid dienone is 1. The first-order valence-corrected chi connectivity index (χ1v) is 14.0. The van der Waals surface area contributed by atoms with Gasteiger partial charge in [0.15, 0.2) is 16.7 Å². The molecule has 1 heterocycles. The third-order valence-electron chi connectivity index (χ3n) is 6.14. The second-order valence-electron chi connectivity index (χ2n) is 9.02. The third kappa shape index (κ3) is 6.35. The first-order chi connectivity index (χ1) is 19.7. The van der Waals surface area contributed by atoms with Crippen molar-refractivity contribution in [3.8, 4) is 11.5 Å². The SMILES string of the molecule is C=CCc1cc(/C=C2/SC(=Nc3ccccc3)N(c3ccccc3)C2=O)cc(OCC)c1OCc1ccccc1. The Balaban J connectivity index is 1.52. The van der Waals surface area contributed by atoms with E-state index in [4.69, 9.17) is 14.5 Å². The molecule has 6 heteroatoms. The van der Waals surface area contributed by atoms with Gasteiger partial charge in [-0.15, -0.1) is 6.58 Å². The lowest BCUT2D eigenvalue weighted by Gasteiger charge is -2.17. The minimum Gasteiger partial charge on any atom is -0.490 e. The number of para-hydroxylation sites is 2. The maximum atomic E-state index is 13.7. The summed E-state index contributed by atoms with van der Waals surface area (Å²) in [6, 6.07) is 33.2. The average molecular weight is 547 g/mol. The van der Waals surface area contributed by atoms with E-state index >= 15 is 0 Å². The smallest absolute Gasteiger partial charge is 0.271 e. The summed E-state index contributed by atoms with van der Waals surface area (Å²) < 4.78 is 12.3. The Morgan fingerprint density at radius 2 is 1.57 bits per heavy atom. The molecule has 4 aromatic carbocycles. The van der Waals surface area contributed by atoms with Crippen LogP contribution in [0, 0.1) is 0 Å². The largest absolute Gasteiger partial charge is 0.490 e. The number of nitrogens with zero attached hydrogens (tertiary/aromatic N) is 2. The van der Waals surface area contributed by atoms with Crippen LogP contribution < -0.4 is 14.4 Å². The van der Waals surface area contributed by atoms with Crippen LogP contribution in [-0.4, -0.2) is 17.7 Å². The lowest BCUT2D eigenvalue weighted by atomic mass is 10.0. The van der Waals surface area contributed by atoms with Crippen LogP contribution in [-0.2, 0) is 17.8 Å². The predicted octanol–water partition coefficient (Wildman–Crippen LogP) is 8.20. The topological polar surface area (TPSA) is 51.1 Å². The summed E-state index contributed by atoms with van der Waals surface area (Å²) in [5.41, 5.74) is 4.41. The molecule has 0 bridgehead atoms. The Kier molecular flexibility index (Phi) is 8.79. The Hall–Kier alpha value is -4.55. The van der Waals surface area contributed by atoms with Crippen molar-refractivity contribution >= 4 is 40.3 Å². The highest BCUT2D eigenvalue weighted by Crippen LogP contribution is 2.40. The van der Waals surface area contributed by atoms with E-state index in [1.165, 1.54) is 11.8 Å². The van der Waals surface area contributed by atoms with Crippen molar-refractivity contribution < 1.29 is 14.3 Å². The Labute approximate surface area is 239 Å². The van der Waals surface area contributed by atoms with Crippen molar-refractivity contribution in [1.82, 2.24) is 0 Å². The molecule has 1 saturated heterocycles. The van der Waals surface area contributed by atoms with Gasteiger partial charge in [0.05, 0.1) is 22.9 Å². The molecule has 1 amide bonds. The van der Waals surface area contributed by atoms with E-state index in [0.717, 1.165) is 28.1 Å². The van der Waals surface area contributed by atoms with Gasteiger partial charge >= 0.3 is 0 Å². The summed E-state index contributed by atoms with van der Waals surface area (Å²) >= 11 is 1.36. The molecule has 0 saturated carbocycles. The molecule has 5 rings (SSSR count). The second kappa shape index (κ2) is 13.0. The first-order valence-electron chi connectivity index (χ1n) is 13.2. The van der Waals surface area contributed by atoms with Crippen molar-refractivity contribution in [2.75, 3.05) is 11.5 Å². The molecule has 0 aromatic heterocycles. The minimum absolute atomic E-state index is 0.126.